The minimum Gasteiger partial charge on any atom is -0.481 e. The van der Waals surface area contributed by atoms with E-state index < -0.39 is 23.5 Å². The van der Waals surface area contributed by atoms with Crippen molar-refractivity contribution in [2.45, 2.75) is 38.3 Å². The first-order chi connectivity index (χ1) is 11.9. The van der Waals surface area contributed by atoms with E-state index in [-0.39, 0.29) is 5.78 Å². The number of hydrogen-bond donors (Lipinski definition) is 1. The second-order valence-corrected chi connectivity index (χ2v) is 6.02. The summed E-state index contributed by atoms with van der Waals surface area (Å²) in [4.78, 5) is 36.1. The lowest BCUT2D eigenvalue weighted by Gasteiger charge is -2.35. The van der Waals surface area contributed by atoms with Crippen LogP contribution >= 0.6 is 0 Å². The molecule has 0 radical (unpaired) electrons. The van der Waals surface area contributed by atoms with E-state index in [1.54, 1.807) is 31.2 Å². The van der Waals surface area contributed by atoms with Gasteiger partial charge in [-0.25, -0.2) is 4.79 Å². The number of esters is 1. The van der Waals surface area contributed by atoms with Crippen LogP contribution in [0.4, 0.5) is 0 Å². The fourth-order valence-corrected chi connectivity index (χ4v) is 2.68. The minimum absolute atomic E-state index is 0.0885. The van der Waals surface area contributed by atoms with Gasteiger partial charge < -0.3 is 19.5 Å². The summed E-state index contributed by atoms with van der Waals surface area (Å²) in [7, 11) is 1.29. The molecule has 1 saturated heterocycles. The average Bonchev–Trinajstić information content (AvgIpc) is 2.61. The number of ether oxygens (including phenoxy) is 3. The van der Waals surface area contributed by atoms with Gasteiger partial charge in [0.15, 0.2) is 11.9 Å². The molecule has 7 heteroatoms. The molecule has 1 aliphatic rings. The summed E-state index contributed by atoms with van der Waals surface area (Å²) in [5.41, 5.74) is -0.594. The third-order valence-electron chi connectivity index (χ3n) is 4.21. The van der Waals surface area contributed by atoms with Crippen molar-refractivity contribution in [3.8, 4) is 5.75 Å². The highest BCUT2D eigenvalue weighted by Gasteiger charge is 2.43. The van der Waals surface area contributed by atoms with E-state index >= 15 is 0 Å². The van der Waals surface area contributed by atoms with Gasteiger partial charge >= 0.3 is 5.97 Å². The highest BCUT2D eigenvalue weighted by Crippen LogP contribution is 2.23. The number of carbonyl (C=O) groups excluding carboxylic acids is 3. The van der Waals surface area contributed by atoms with Crippen molar-refractivity contribution >= 4 is 17.7 Å². The third kappa shape index (κ3) is 4.57. The van der Waals surface area contributed by atoms with E-state index in [1.807, 2.05) is 0 Å². The molecule has 1 aromatic carbocycles. The van der Waals surface area contributed by atoms with Crippen LogP contribution in [0.15, 0.2) is 24.3 Å². The molecular formula is C18H23NO6. The Balaban J connectivity index is 2.07. The number of ketones is 1. The Morgan fingerprint density at radius 2 is 1.92 bits per heavy atom. The normalized spacial score (nSPS) is 17.2. The summed E-state index contributed by atoms with van der Waals surface area (Å²) in [6.07, 6.45) is -0.151. The van der Waals surface area contributed by atoms with E-state index in [4.69, 9.17) is 14.2 Å². The van der Waals surface area contributed by atoms with E-state index in [9.17, 15) is 14.4 Å². The van der Waals surface area contributed by atoms with Crippen molar-refractivity contribution in [2.75, 3.05) is 20.3 Å². The molecule has 1 aromatic rings. The zero-order valence-corrected chi connectivity index (χ0v) is 14.7. The van der Waals surface area contributed by atoms with Crippen LogP contribution in [-0.4, -0.2) is 49.6 Å². The van der Waals surface area contributed by atoms with Gasteiger partial charge in [-0.05, 0) is 26.0 Å². The summed E-state index contributed by atoms with van der Waals surface area (Å²) in [5.74, 6) is -0.598. The smallest absolute Gasteiger partial charge is 0.331 e. The Hall–Kier alpha value is -2.41. The van der Waals surface area contributed by atoms with Crippen molar-refractivity contribution < 1.29 is 28.6 Å². The van der Waals surface area contributed by atoms with Crippen molar-refractivity contribution in [1.29, 1.82) is 0 Å². The molecule has 1 atom stereocenters. The number of carbonyl (C=O) groups is 3. The number of methoxy groups -OCH3 is 1. The standard InChI is InChI=1S/C18H23NO6/c1-12(20)14-5-4-6-15(11-14)25-13(2)16(21)19-18(17(22)23-3)7-9-24-10-8-18/h4-6,11,13H,7-10H2,1-3H3,(H,19,21). The molecule has 25 heavy (non-hydrogen) atoms. The number of amides is 1. The van der Waals surface area contributed by atoms with E-state index in [0.717, 1.165) is 0 Å². The maximum Gasteiger partial charge on any atom is 0.331 e. The van der Waals surface area contributed by atoms with Gasteiger partial charge in [0.25, 0.3) is 5.91 Å². The quantitative estimate of drug-likeness (QED) is 0.618. The van der Waals surface area contributed by atoms with E-state index in [2.05, 4.69) is 5.32 Å². The molecule has 0 spiro atoms. The van der Waals surface area contributed by atoms with Gasteiger partial charge in [0.2, 0.25) is 0 Å². The van der Waals surface area contributed by atoms with Crippen LogP contribution in [0.25, 0.3) is 0 Å². The second-order valence-electron chi connectivity index (χ2n) is 6.02. The molecule has 7 nitrogen and oxygen atoms in total. The first kappa shape index (κ1) is 18.9. The lowest BCUT2D eigenvalue weighted by molar-refractivity contribution is -0.156. The molecule has 1 amide bonds. The maximum absolute atomic E-state index is 12.5. The first-order valence-corrected chi connectivity index (χ1v) is 8.14. The van der Waals surface area contributed by atoms with Gasteiger partial charge in [-0.1, -0.05) is 12.1 Å². The average molecular weight is 349 g/mol. The van der Waals surface area contributed by atoms with E-state index in [1.165, 1.54) is 14.0 Å². The largest absolute Gasteiger partial charge is 0.481 e. The zero-order valence-electron chi connectivity index (χ0n) is 14.7. The van der Waals surface area contributed by atoms with Crippen LogP contribution in [-0.2, 0) is 19.1 Å². The predicted molar refractivity (Wildman–Crippen MR) is 89.5 cm³/mol. The zero-order chi connectivity index (χ0) is 18.4. The summed E-state index contributed by atoms with van der Waals surface area (Å²) in [6, 6.07) is 6.61. The van der Waals surface area contributed by atoms with Crippen molar-refractivity contribution in [2.24, 2.45) is 0 Å². The molecule has 1 N–H and O–H groups in total. The third-order valence-corrected chi connectivity index (χ3v) is 4.21. The van der Waals surface area contributed by atoms with Gasteiger partial charge in [-0.3, -0.25) is 9.59 Å². The van der Waals surface area contributed by atoms with Crippen LogP contribution in [0.3, 0.4) is 0 Å². The number of nitrogens with one attached hydrogen (secondary N) is 1. The van der Waals surface area contributed by atoms with E-state index in [0.29, 0.717) is 37.4 Å². The number of hydrogen-bond acceptors (Lipinski definition) is 6. The molecule has 136 valence electrons. The molecular weight excluding hydrogens is 326 g/mol. The Morgan fingerprint density at radius 3 is 2.52 bits per heavy atom. The van der Waals surface area contributed by atoms with Gasteiger partial charge in [0.1, 0.15) is 11.3 Å². The van der Waals surface area contributed by atoms with Crippen LogP contribution in [0.2, 0.25) is 0 Å². The van der Waals surface area contributed by atoms with Crippen LogP contribution < -0.4 is 10.1 Å². The van der Waals surface area contributed by atoms with Gasteiger partial charge in [-0.2, -0.15) is 0 Å². The Labute approximate surface area is 146 Å². The number of benzene rings is 1. The first-order valence-electron chi connectivity index (χ1n) is 8.14. The fourth-order valence-electron chi connectivity index (χ4n) is 2.68. The predicted octanol–water partition coefficient (Wildman–Crippen LogP) is 1.49. The monoisotopic (exact) mass is 349 g/mol. The minimum atomic E-state index is -1.09. The van der Waals surface area contributed by atoms with Crippen molar-refractivity contribution in [3.05, 3.63) is 29.8 Å². The molecule has 0 aromatic heterocycles. The van der Waals surface area contributed by atoms with Gasteiger partial charge in [0, 0.05) is 31.6 Å². The molecule has 0 aliphatic carbocycles. The van der Waals surface area contributed by atoms with Crippen molar-refractivity contribution in [1.82, 2.24) is 5.32 Å². The highest BCUT2D eigenvalue weighted by atomic mass is 16.5. The van der Waals surface area contributed by atoms with Gasteiger partial charge in [-0.15, -0.1) is 0 Å². The number of Topliss-reactive ketones (excluding diaryl/α,β-unsaturated/α-hetero) is 1. The summed E-state index contributed by atoms with van der Waals surface area (Å²) in [6.45, 7) is 3.77. The molecule has 1 unspecified atom stereocenters. The van der Waals surface area contributed by atoms with Crippen LogP contribution in [0, 0.1) is 0 Å². The second kappa shape index (κ2) is 8.11. The maximum atomic E-state index is 12.5. The molecule has 1 heterocycles. The Bertz CT molecular complexity index is 651. The molecule has 1 fully saturated rings. The SMILES string of the molecule is COC(=O)C1(NC(=O)C(C)Oc2cccc(C(C)=O)c2)CCOCC1. The summed E-state index contributed by atoms with van der Waals surface area (Å²) >= 11 is 0. The van der Waals surface area contributed by atoms with Crippen molar-refractivity contribution in [3.63, 3.8) is 0 Å². The van der Waals surface area contributed by atoms with Crippen LogP contribution in [0.1, 0.15) is 37.0 Å². The Kier molecular flexibility index (Phi) is 6.14. The van der Waals surface area contributed by atoms with Gasteiger partial charge in [0.05, 0.1) is 7.11 Å². The van der Waals surface area contributed by atoms with Crippen LogP contribution in [0.5, 0.6) is 5.75 Å². The lowest BCUT2D eigenvalue weighted by Crippen LogP contribution is -2.60. The topological polar surface area (TPSA) is 90.9 Å². The number of rotatable bonds is 6. The Morgan fingerprint density at radius 1 is 1.24 bits per heavy atom. The molecule has 0 saturated carbocycles. The summed E-state index contributed by atoms with van der Waals surface area (Å²) < 4.78 is 15.7. The molecule has 2 rings (SSSR count). The molecule has 1 aliphatic heterocycles. The summed E-state index contributed by atoms with van der Waals surface area (Å²) in [5, 5.41) is 2.76. The fraction of sp³-hybridized carbons (Fsp3) is 0.500. The molecule has 0 bridgehead atoms. The lowest BCUT2D eigenvalue weighted by atomic mass is 9.89. The highest BCUT2D eigenvalue weighted by molar-refractivity contribution is 5.94.